The third kappa shape index (κ3) is 2.97. The maximum Gasteiger partial charge on any atom is 0.243 e. The summed E-state index contributed by atoms with van der Waals surface area (Å²) in [5.74, 6) is -0.126. The molecule has 1 aromatic heterocycles. The number of fused-ring (bicyclic) bond motifs is 1. The first-order chi connectivity index (χ1) is 12.3. The zero-order valence-electron chi connectivity index (χ0n) is 14.1. The Morgan fingerprint density at radius 1 is 1.44 bits per heavy atom. The predicted octanol–water partition coefficient (Wildman–Crippen LogP) is 3.49. The van der Waals surface area contributed by atoms with Gasteiger partial charge in [-0.15, -0.1) is 0 Å². The zero-order chi connectivity index (χ0) is 17.2. The van der Waals surface area contributed by atoms with E-state index in [1.165, 1.54) is 22.9 Å². The number of amides is 1. The molecule has 1 aromatic rings. The molecule has 0 saturated carbocycles. The quantitative estimate of drug-likeness (QED) is 0.857. The van der Waals surface area contributed by atoms with Gasteiger partial charge in [0.05, 0.1) is 23.4 Å². The Morgan fingerprint density at radius 2 is 2.36 bits per heavy atom. The Labute approximate surface area is 147 Å². The van der Waals surface area contributed by atoms with Crippen molar-refractivity contribution in [3.8, 4) is 0 Å². The molecular formula is C20H21N3O2. The number of carbonyl (C=O) groups excluding carboxylic acids is 1. The molecule has 4 rings (SSSR count). The van der Waals surface area contributed by atoms with Gasteiger partial charge in [-0.2, -0.15) is 0 Å². The van der Waals surface area contributed by atoms with Crippen LogP contribution >= 0.6 is 0 Å². The van der Waals surface area contributed by atoms with Crippen LogP contribution in [0.25, 0.3) is 0 Å². The minimum Gasteiger partial charge on any atom is -0.470 e. The first kappa shape index (κ1) is 15.7. The smallest absolute Gasteiger partial charge is 0.243 e. The third-order valence-corrected chi connectivity index (χ3v) is 4.88. The lowest BCUT2D eigenvalue weighted by Gasteiger charge is -2.35. The molecule has 1 unspecified atom stereocenters. The average molecular weight is 335 g/mol. The Bertz CT molecular complexity index is 812. The average Bonchev–Trinajstić information content (AvgIpc) is 3.32. The molecule has 3 heterocycles. The maximum atomic E-state index is 11.7. The van der Waals surface area contributed by atoms with Gasteiger partial charge >= 0.3 is 0 Å². The molecule has 1 aliphatic carbocycles. The molecule has 0 aromatic carbocycles. The largest absolute Gasteiger partial charge is 0.470 e. The number of anilines is 1. The minimum absolute atomic E-state index is 0.0428. The van der Waals surface area contributed by atoms with Crippen molar-refractivity contribution in [1.29, 1.82) is 0 Å². The first-order valence-electron chi connectivity index (χ1n) is 8.68. The summed E-state index contributed by atoms with van der Waals surface area (Å²) in [4.78, 5) is 18.5. The van der Waals surface area contributed by atoms with Crippen molar-refractivity contribution >= 4 is 17.3 Å². The molecule has 1 amide bonds. The highest BCUT2D eigenvalue weighted by Gasteiger charge is 2.30. The van der Waals surface area contributed by atoms with Crippen LogP contribution in [-0.2, 0) is 4.79 Å². The van der Waals surface area contributed by atoms with Crippen molar-refractivity contribution < 1.29 is 9.21 Å². The molecular weight excluding hydrogens is 314 g/mol. The van der Waals surface area contributed by atoms with E-state index < -0.39 is 0 Å². The number of furan rings is 1. The lowest BCUT2D eigenvalue weighted by atomic mass is 9.88. The van der Waals surface area contributed by atoms with E-state index in [0.29, 0.717) is 0 Å². The van der Waals surface area contributed by atoms with Crippen molar-refractivity contribution in [2.45, 2.75) is 31.7 Å². The molecule has 5 nitrogen and oxygen atoms in total. The second-order valence-electron chi connectivity index (χ2n) is 6.44. The molecule has 1 atom stereocenters. The van der Waals surface area contributed by atoms with Crippen LogP contribution in [0.2, 0.25) is 0 Å². The molecule has 25 heavy (non-hydrogen) atoms. The van der Waals surface area contributed by atoms with Crippen LogP contribution in [0.15, 0.2) is 75.9 Å². The lowest BCUT2D eigenvalue weighted by Crippen LogP contribution is -2.37. The molecule has 5 heteroatoms. The van der Waals surface area contributed by atoms with Gasteiger partial charge in [-0.3, -0.25) is 9.79 Å². The van der Waals surface area contributed by atoms with E-state index in [0.717, 1.165) is 43.6 Å². The van der Waals surface area contributed by atoms with Crippen molar-refractivity contribution in [2.24, 2.45) is 4.99 Å². The van der Waals surface area contributed by atoms with Crippen LogP contribution in [-0.4, -0.2) is 24.2 Å². The van der Waals surface area contributed by atoms with Gasteiger partial charge < -0.3 is 14.6 Å². The number of rotatable bonds is 4. The van der Waals surface area contributed by atoms with Crippen LogP contribution in [0.1, 0.15) is 25.7 Å². The Balaban J connectivity index is 1.73. The zero-order valence-corrected chi connectivity index (χ0v) is 14.1. The van der Waals surface area contributed by atoms with Gasteiger partial charge in [-0.25, -0.2) is 0 Å². The van der Waals surface area contributed by atoms with Crippen LogP contribution in [0.4, 0.5) is 5.69 Å². The highest BCUT2D eigenvalue weighted by molar-refractivity contribution is 6.08. The van der Waals surface area contributed by atoms with E-state index in [1.54, 1.807) is 12.5 Å². The van der Waals surface area contributed by atoms with E-state index in [-0.39, 0.29) is 11.9 Å². The normalized spacial score (nSPS) is 22.4. The molecule has 0 fully saturated rings. The Morgan fingerprint density at radius 3 is 3.16 bits per heavy atom. The number of aliphatic imine (C=N–C) groups is 1. The fourth-order valence-corrected chi connectivity index (χ4v) is 3.75. The van der Waals surface area contributed by atoms with Gasteiger partial charge in [-0.05, 0) is 37.0 Å². The number of allylic oxidation sites excluding steroid dienone is 3. The molecule has 1 N–H and O–H groups in total. The predicted molar refractivity (Wildman–Crippen MR) is 98.3 cm³/mol. The van der Waals surface area contributed by atoms with Gasteiger partial charge in [-0.1, -0.05) is 12.7 Å². The Hall–Kier alpha value is -2.82. The second-order valence-corrected chi connectivity index (χ2v) is 6.44. The Kier molecular flexibility index (Phi) is 4.14. The molecule has 3 aliphatic rings. The fourth-order valence-electron chi connectivity index (χ4n) is 3.75. The summed E-state index contributed by atoms with van der Waals surface area (Å²) in [5.41, 5.74) is 5.84. The third-order valence-electron chi connectivity index (χ3n) is 4.88. The summed E-state index contributed by atoms with van der Waals surface area (Å²) >= 11 is 0. The number of hydrogen-bond acceptors (Lipinski definition) is 4. The highest BCUT2D eigenvalue weighted by Crippen LogP contribution is 2.37. The van der Waals surface area contributed by atoms with E-state index in [2.05, 4.69) is 33.9 Å². The van der Waals surface area contributed by atoms with Crippen LogP contribution < -0.4 is 10.2 Å². The van der Waals surface area contributed by atoms with Crippen LogP contribution in [0.3, 0.4) is 0 Å². The van der Waals surface area contributed by atoms with Gasteiger partial charge in [0, 0.05) is 36.8 Å². The SMILES string of the molecule is C=CC(=O)NC1C=C(C2=C3C=CN=C3CCN2c2ccoc2)CCC1. The van der Waals surface area contributed by atoms with Crippen LogP contribution in [0.5, 0.6) is 0 Å². The number of carbonyl (C=O) groups is 1. The van der Waals surface area contributed by atoms with E-state index in [1.807, 2.05) is 12.3 Å². The second kappa shape index (κ2) is 6.59. The number of hydrogen-bond donors (Lipinski definition) is 1. The van der Waals surface area contributed by atoms with E-state index in [4.69, 9.17) is 4.42 Å². The summed E-state index contributed by atoms with van der Waals surface area (Å²) in [6.07, 6.45) is 14.9. The monoisotopic (exact) mass is 335 g/mol. The molecule has 0 bridgehead atoms. The van der Waals surface area contributed by atoms with Crippen molar-refractivity contribution in [2.75, 3.05) is 11.4 Å². The fraction of sp³-hybridized carbons (Fsp3) is 0.300. The molecule has 128 valence electrons. The van der Waals surface area contributed by atoms with Gasteiger partial charge in [0.1, 0.15) is 6.26 Å². The summed E-state index contributed by atoms with van der Waals surface area (Å²) in [6.45, 7) is 4.41. The summed E-state index contributed by atoms with van der Waals surface area (Å²) in [5, 5.41) is 3.01. The topological polar surface area (TPSA) is 57.8 Å². The summed E-state index contributed by atoms with van der Waals surface area (Å²) in [6, 6.07) is 2.03. The highest BCUT2D eigenvalue weighted by atomic mass is 16.3. The number of nitrogens with one attached hydrogen (secondary N) is 1. The number of nitrogens with zero attached hydrogens (tertiary/aromatic N) is 2. The molecule has 0 saturated heterocycles. The van der Waals surface area contributed by atoms with Gasteiger partial charge in [0.25, 0.3) is 0 Å². The first-order valence-corrected chi connectivity index (χ1v) is 8.68. The molecule has 0 spiro atoms. The lowest BCUT2D eigenvalue weighted by molar-refractivity contribution is -0.116. The van der Waals surface area contributed by atoms with E-state index >= 15 is 0 Å². The molecule has 2 aliphatic heterocycles. The summed E-state index contributed by atoms with van der Waals surface area (Å²) < 4.78 is 5.30. The van der Waals surface area contributed by atoms with Crippen molar-refractivity contribution in [1.82, 2.24) is 5.32 Å². The molecule has 0 radical (unpaired) electrons. The van der Waals surface area contributed by atoms with E-state index in [9.17, 15) is 4.79 Å². The standard InChI is InChI=1S/C20H21N3O2/c1-2-19(24)22-15-5-3-4-14(12-15)20-17-6-9-21-18(17)7-10-23(20)16-8-11-25-13-16/h2,6,8-9,11-13,15H,1,3-5,7,10H2,(H,22,24). The van der Waals surface area contributed by atoms with Gasteiger partial charge in [0.2, 0.25) is 5.91 Å². The minimum atomic E-state index is -0.126. The van der Waals surface area contributed by atoms with Gasteiger partial charge in [0.15, 0.2) is 0 Å². The van der Waals surface area contributed by atoms with Crippen molar-refractivity contribution in [3.63, 3.8) is 0 Å². The van der Waals surface area contributed by atoms with Crippen molar-refractivity contribution in [3.05, 3.63) is 66.4 Å². The van der Waals surface area contributed by atoms with Crippen LogP contribution in [0, 0.1) is 0 Å². The summed E-state index contributed by atoms with van der Waals surface area (Å²) in [7, 11) is 0. The maximum absolute atomic E-state index is 11.7.